The summed E-state index contributed by atoms with van der Waals surface area (Å²) < 4.78 is 35.1. The van der Waals surface area contributed by atoms with Gasteiger partial charge in [0.2, 0.25) is 6.29 Å². The molecule has 170 valence electrons. The monoisotopic (exact) mass is 442 g/mol. The maximum atomic E-state index is 11.9. The molecule has 32 heavy (non-hydrogen) atoms. The molecule has 8 heteroatoms. The summed E-state index contributed by atoms with van der Waals surface area (Å²) in [4.78, 5) is 23.6. The largest absolute Gasteiger partial charge is 0.453 e. The Morgan fingerprint density at radius 3 is 2.19 bits per heavy atom. The second-order valence-corrected chi connectivity index (χ2v) is 7.66. The number of fused-ring (bicyclic) bond motifs is 1. The van der Waals surface area contributed by atoms with Gasteiger partial charge in [-0.15, -0.1) is 0 Å². The summed E-state index contributed by atoms with van der Waals surface area (Å²) in [5.41, 5.74) is 1.78. The molecular formula is C24H26O8. The van der Waals surface area contributed by atoms with E-state index in [2.05, 4.69) is 0 Å². The summed E-state index contributed by atoms with van der Waals surface area (Å²) in [6, 6.07) is 19.1. The molecule has 4 rings (SSSR count). The first-order chi connectivity index (χ1) is 15.5. The molecule has 0 saturated carbocycles. The third kappa shape index (κ3) is 5.34. The summed E-state index contributed by atoms with van der Waals surface area (Å²) in [6.07, 6.45) is -4.72. The average Bonchev–Trinajstić information content (AvgIpc) is 2.79. The number of hydrogen-bond acceptors (Lipinski definition) is 8. The first-order valence-corrected chi connectivity index (χ1v) is 10.5. The molecule has 0 radical (unpaired) electrons. The van der Waals surface area contributed by atoms with Gasteiger partial charge in [0, 0.05) is 19.4 Å². The van der Waals surface area contributed by atoms with E-state index in [4.69, 9.17) is 28.4 Å². The van der Waals surface area contributed by atoms with Crippen LogP contribution in [0.2, 0.25) is 0 Å². The highest BCUT2D eigenvalue weighted by atomic mass is 16.8. The van der Waals surface area contributed by atoms with Gasteiger partial charge in [0.05, 0.1) is 13.2 Å². The van der Waals surface area contributed by atoms with Crippen molar-refractivity contribution in [3.8, 4) is 0 Å². The second-order valence-electron chi connectivity index (χ2n) is 7.66. The highest BCUT2D eigenvalue weighted by molar-refractivity contribution is 5.67. The lowest BCUT2D eigenvalue weighted by molar-refractivity contribution is -0.361. The Morgan fingerprint density at radius 2 is 1.53 bits per heavy atom. The molecule has 0 unspecified atom stereocenters. The minimum atomic E-state index is -1.14. The molecule has 2 saturated heterocycles. The van der Waals surface area contributed by atoms with Crippen molar-refractivity contribution in [2.24, 2.45) is 0 Å². The lowest BCUT2D eigenvalue weighted by Crippen LogP contribution is -2.64. The van der Waals surface area contributed by atoms with Crippen molar-refractivity contribution in [1.82, 2.24) is 0 Å². The van der Waals surface area contributed by atoms with Crippen LogP contribution in [-0.2, 0) is 44.6 Å². The molecule has 0 aliphatic carbocycles. The molecule has 2 fully saturated rings. The predicted molar refractivity (Wildman–Crippen MR) is 111 cm³/mol. The zero-order valence-electron chi connectivity index (χ0n) is 17.9. The summed E-state index contributed by atoms with van der Waals surface area (Å²) in [6.45, 7) is 2.99. The molecule has 2 aliphatic rings. The quantitative estimate of drug-likeness (QED) is 0.631. The summed E-state index contributed by atoms with van der Waals surface area (Å²) >= 11 is 0. The third-order valence-electron chi connectivity index (χ3n) is 5.22. The zero-order valence-corrected chi connectivity index (χ0v) is 17.9. The fourth-order valence-corrected chi connectivity index (χ4v) is 3.86. The smallest absolute Gasteiger partial charge is 0.305 e. The normalized spacial score (nSPS) is 29.6. The van der Waals surface area contributed by atoms with E-state index in [1.807, 2.05) is 60.7 Å². The Hall–Kier alpha value is -2.78. The van der Waals surface area contributed by atoms with Crippen LogP contribution in [0.25, 0.3) is 0 Å². The minimum absolute atomic E-state index is 0.194. The van der Waals surface area contributed by atoms with Gasteiger partial charge in [0.15, 0.2) is 12.4 Å². The third-order valence-corrected chi connectivity index (χ3v) is 5.22. The van der Waals surface area contributed by atoms with Crippen LogP contribution in [0, 0.1) is 0 Å². The van der Waals surface area contributed by atoms with Crippen LogP contribution in [0.3, 0.4) is 0 Å². The van der Waals surface area contributed by atoms with Crippen molar-refractivity contribution in [3.05, 3.63) is 71.8 Å². The zero-order chi connectivity index (χ0) is 22.5. The molecule has 2 aromatic carbocycles. The van der Waals surface area contributed by atoms with Crippen LogP contribution < -0.4 is 0 Å². The number of benzene rings is 2. The molecule has 6 atom stereocenters. The van der Waals surface area contributed by atoms with Crippen LogP contribution in [0.5, 0.6) is 0 Å². The van der Waals surface area contributed by atoms with Gasteiger partial charge >= 0.3 is 11.9 Å². The van der Waals surface area contributed by atoms with E-state index in [9.17, 15) is 9.59 Å². The topological polar surface area (TPSA) is 89.5 Å². The summed E-state index contributed by atoms with van der Waals surface area (Å²) in [5, 5.41) is 0. The molecule has 0 N–H and O–H groups in total. The maximum absolute atomic E-state index is 11.9. The Labute approximate surface area is 186 Å². The molecule has 0 amide bonds. The van der Waals surface area contributed by atoms with E-state index >= 15 is 0 Å². The molecule has 2 heterocycles. The standard InChI is InChI=1S/C24H26O8/c1-15(25)29-22-21(27-13-17-9-5-3-6-10-17)20-19(31-24(22)30-16(2)26)14-28-23(32-20)18-11-7-4-8-12-18/h3-12,19-24H,13-14H2,1-2H3/t19-,20-,21+,22-,23-,24-/m1/s1. The first kappa shape index (κ1) is 22.4. The maximum Gasteiger partial charge on any atom is 0.305 e. The lowest BCUT2D eigenvalue weighted by Gasteiger charge is -2.48. The summed E-state index contributed by atoms with van der Waals surface area (Å²) in [5.74, 6) is -1.11. The lowest BCUT2D eigenvalue weighted by atomic mass is 9.97. The highest BCUT2D eigenvalue weighted by Crippen LogP contribution is 2.37. The predicted octanol–water partition coefficient (Wildman–Crippen LogP) is 2.91. The van der Waals surface area contributed by atoms with Gasteiger partial charge in [0.1, 0.15) is 18.3 Å². The Morgan fingerprint density at radius 1 is 0.875 bits per heavy atom. The van der Waals surface area contributed by atoms with E-state index in [1.54, 1.807) is 0 Å². The molecular weight excluding hydrogens is 416 g/mol. The van der Waals surface area contributed by atoms with E-state index in [0.29, 0.717) is 0 Å². The second kappa shape index (κ2) is 10.2. The number of rotatable bonds is 6. The average molecular weight is 442 g/mol. The fraction of sp³-hybridized carbons (Fsp3) is 0.417. The van der Waals surface area contributed by atoms with Gasteiger partial charge in [0.25, 0.3) is 0 Å². The van der Waals surface area contributed by atoms with Crippen molar-refractivity contribution in [3.63, 3.8) is 0 Å². The SMILES string of the molecule is CC(=O)O[C@@H]1O[C@@H]2CO[C@@H](c3ccccc3)O[C@H]2[C@H](OCc2ccccc2)[C@H]1OC(C)=O. The van der Waals surface area contributed by atoms with E-state index in [-0.39, 0.29) is 13.2 Å². The van der Waals surface area contributed by atoms with Crippen LogP contribution in [-0.4, -0.2) is 49.3 Å². The summed E-state index contributed by atoms with van der Waals surface area (Å²) in [7, 11) is 0. The minimum Gasteiger partial charge on any atom is -0.453 e. The molecule has 8 nitrogen and oxygen atoms in total. The van der Waals surface area contributed by atoms with Crippen molar-refractivity contribution in [2.45, 2.75) is 57.5 Å². The van der Waals surface area contributed by atoms with Gasteiger partial charge in [-0.25, -0.2) is 0 Å². The Balaban J connectivity index is 1.61. The fourth-order valence-electron chi connectivity index (χ4n) is 3.86. The van der Waals surface area contributed by atoms with Gasteiger partial charge in [-0.1, -0.05) is 60.7 Å². The van der Waals surface area contributed by atoms with Gasteiger partial charge in [-0.2, -0.15) is 0 Å². The van der Waals surface area contributed by atoms with Crippen LogP contribution in [0.15, 0.2) is 60.7 Å². The van der Waals surface area contributed by atoms with E-state index in [0.717, 1.165) is 11.1 Å². The number of hydrogen-bond donors (Lipinski definition) is 0. The Bertz CT molecular complexity index is 903. The van der Waals surface area contributed by atoms with Gasteiger partial charge in [-0.05, 0) is 5.56 Å². The first-order valence-electron chi connectivity index (χ1n) is 10.5. The van der Waals surface area contributed by atoms with Crippen molar-refractivity contribution >= 4 is 11.9 Å². The Kier molecular flexibility index (Phi) is 7.16. The molecule has 2 aromatic rings. The van der Waals surface area contributed by atoms with E-state index in [1.165, 1.54) is 13.8 Å². The molecule has 2 aliphatic heterocycles. The van der Waals surface area contributed by atoms with Crippen molar-refractivity contribution < 1.29 is 38.0 Å². The highest BCUT2D eigenvalue weighted by Gasteiger charge is 2.53. The molecule has 0 bridgehead atoms. The van der Waals surface area contributed by atoms with Gasteiger partial charge < -0.3 is 28.4 Å². The van der Waals surface area contributed by atoms with Gasteiger partial charge in [-0.3, -0.25) is 9.59 Å². The van der Waals surface area contributed by atoms with E-state index < -0.39 is 48.9 Å². The van der Waals surface area contributed by atoms with Crippen molar-refractivity contribution in [1.29, 1.82) is 0 Å². The number of esters is 2. The van der Waals surface area contributed by atoms with Crippen molar-refractivity contribution in [2.75, 3.05) is 6.61 Å². The number of carbonyl (C=O) groups excluding carboxylic acids is 2. The van der Waals surface area contributed by atoms with Crippen LogP contribution >= 0.6 is 0 Å². The number of ether oxygens (including phenoxy) is 6. The molecule has 0 spiro atoms. The van der Waals surface area contributed by atoms with Crippen LogP contribution in [0.1, 0.15) is 31.3 Å². The molecule has 0 aromatic heterocycles. The van der Waals surface area contributed by atoms with Crippen LogP contribution in [0.4, 0.5) is 0 Å². The number of carbonyl (C=O) groups is 2.